The molecule has 1 fully saturated rings. The second-order valence-corrected chi connectivity index (χ2v) is 10.4. The predicted octanol–water partition coefficient (Wildman–Crippen LogP) is 5.12. The molecule has 7 rings (SSSR count). The Labute approximate surface area is 237 Å². The number of hydrogen-bond acceptors (Lipinski definition) is 8. The molecule has 6 aromatic rings. The molecular weight excluding hydrogens is 540 g/mol. The lowest BCUT2D eigenvalue weighted by Gasteiger charge is -2.13. The number of imidazole rings is 1. The Morgan fingerprint density at radius 3 is 2.43 bits per heavy atom. The van der Waals surface area contributed by atoms with E-state index < -0.39 is 17.5 Å². The van der Waals surface area contributed by atoms with Crippen molar-refractivity contribution in [3.05, 3.63) is 116 Å². The van der Waals surface area contributed by atoms with E-state index in [0.29, 0.717) is 34.9 Å². The van der Waals surface area contributed by atoms with Crippen molar-refractivity contribution in [3.63, 3.8) is 0 Å². The average molecular weight is 565 g/mol. The van der Waals surface area contributed by atoms with Crippen molar-refractivity contribution in [1.82, 2.24) is 19.7 Å². The summed E-state index contributed by atoms with van der Waals surface area (Å²) in [5.74, 6) is -0.232. The molecule has 3 heterocycles. The van der Waals surface area contributed by atoms with Gasteiger partial charge in [-0.1, -0.05) is 59.8 Å². The molecule has 11 nitrogen and oxygen atoms in total. The van der Waals surface area contributed by atoms with Gasteiger partial charge in [-0.2, -0.15) is 0 Å². The smallest absolute Gasteiger partial charge is 0.478 e. The molecule has 3 aromatic heterocycles. The number of benzene rings is 3. The summed E-state index contributed by atoms with van der Waals surface area (Å²) >= 11 is 0. The maximum Gasteiger partial charge on any atom is 0.519 e. The lowest BCUT2D eigenvalue weighted by atomic mass is 9.98. The number of aromatic nitrogens is 4. The number of carboxylic acid groups (broad SMARTS) is 1. The van der Waals surface area contributed by atoms with Crippen molar-refractivity contribution in [2.75, 3.05) is 0 Å². The van der Waals surface area contributed by atoms with Crippen LogP contribution in [-0.4, -0.2) is 30.8 Å². The number of H-pyrrole nitrogens is 1. The van der Waals surface area contributed by atoms with Gasteiger partial charge in [-0.3, -0.25) is 9.51 Å². The molecule has 0 aliphatic heterocycles. The Hall–Kier alpha value is -5.45. The fourth-order valence-electron chi connectivity index (χ4n) is 5.41. The first kappa shape index (κ1) is 25.5. The van der Waals surface area contributed by atoms with Crippen LogP contribution in [0.15, 0.2) is 83.6 Å². The number of nitrogens with one attached hydrogen (secondary N) is 1. The Kier molecular flexibility index (Phi) is 6.00. The average Bonchev–Trinajstić information content (AvgIpc) is 3.50. The number of fused-ring (bicyclic) bond motifs is 1. The number of aromatic amines is 1. The summed E-state index contributed by atoms with van der Waals surface area (Å²) in [7, 11) is 0. The molecule has 0 radical (unpaired) electrons. The molecule has 0 amide bonds. The second-order valence-electron chi connectivity index (χ2n) is 10.4. The number of rotatable bonds is 8. The number of hydrogen-bond donors (Lipinski definition) is 2. The summed E-state index contributed by atoms with van der Waals surface area (Å²) in [4.78, 5) is 43.1. The zero-order chi connectivity index (χ0) is 29.0. The quantitative estimate of drug-likeness (QED) is 0.256. The molecule has 1 aliphatic carbocycles. The Bertz CT molecular complexity index is 2090. The molecule has 1 aliphatic rings. The van der Waals surface area contributed by atoms with Crippen molar-refractivity contribution >= 4 is 17.0 Å². The van der Waals surface area contributed by atoms with E-state index in [0.717, 1.165) is 46.5 Å². The topological polar surface area (TPSA) is 157 Å². The van der Waals surface area contributed by atoms with E-state index in [9.17, 15) is 19.5 Å². The molecule has 0 saturated heterocycles. The van der Waals surface area contributed by atoms with Gasteiger partial charge in [0, 0.05) is 24.4 Å². The van der Waals surface area contributed by atoms with Crippen LogP contribution >= 0.6 is 0 Å². The standard InChI is InChI=1S/C31H24N4O7/c1-16-24(41-31(39)40-16)14-20-12-13-23(29(36)37)26-25(20)32-28(19-10-11-19)35(26)15-17-6-8-18(9-7-17)21-4-2-3-5-22(21)27-33-30(38)42-34-27/h2-9,12-13,19H,10-11,14-15H2,1H3,(H,36,37)(H,33,34,38). The molecule has 11 heteroatoms. The van der Waals surface area contributed by atoms with Gasteiger partial charge in [-0.25, -0.2) is 19.4 Å². The monoisotopic (exact) mass is 564 g/mol. The molecule has 0 spiro atoms. The third-order valence-corrected chi connectivity index (χ3v) is 7.60. The van der Waals surface area contributed by atoms with Crippen LogP contribution in [0.3, 0.4) is 0 Å². The summed E-state index contributed by atoms with van der Waals surface area (Å²) in [6, 6.07) is 18.8. The van der Waals surface area contributed by atoms with E-state index in [1.165, 1.54) is 0 Å². The van der Waals surface area contributed by atoms with Crippen LogP contribution in [0.25, 0.3) is 33.5 Å². The van der Waals surface area contributed by atoms with Gasteiger partial charge < -0.3 is 18.5 Å². The molecule has 0 bridgehead atoms. The van der Waals surface area contributed by atoms with E-state index in [1.54, 1.807) is 19.1 Å². The lowest BCUT2D eigenvalue weighted by Crippen LogP contribution is -2.08. The predicted molar refractivity (Wildman–Crippen MR) is 151 cm³/mol. The summed E-state index contributed by atoms with van der Waals surface area (Å²) in [6.45, 7) is 2.08. The van der Waals surface area contributed by atoms with E-state index >= 15 is 0 Å². The summed E-state index contributed by atoms with van der Waals surface area (Å²) in [5, 5.41) is 13.9. The van der Waals surface area contributed by atoms with Gasteiger partial charge >= 0.3 is 17.5 Å². The highest BCUT2D eigenvalue weighted by Gasteiger charge is 2.32. The highest BCUT2D eigenvalue weighted by molar-refractivity contribution is 6.02. The third-order valence-electron chi connectivity index (χ3n) is 7.60. The zero-order valence-corrected chi connectivity index (χ0v) is 22.4. The number of carbonyl (C=O) groups is 1. The van der Waals surface area contributed by atoms with Gasteiger partial charge in [-0.05, 0) is 48.1 Å². The van der Waals surface area contributed by atoms with Gasteiger partial charge in [0.05, 0.1) is 16.6 Å². The van der Waals surface area contributed by atoms with Gasteiger partial charge in [0.25, 0.3) is 0 Å². The fraction of sp³-hybridized carbons (Fsp3) is 0.194. The van der Waals surface area contributed by atoms with E-state index in [2.05, 4.69) is 10.1 Å². The molecule has 0 atom stereocenters. The highest BCUT2D eigenvalue weighted by atomic mass is 16.6. The van der Waals surface area contributed by atoms with Gasteiger partial charge in [0.1, 0.15) is 11.6 Å². The molecule has 1 saturated carbocycles. The van der Waals surface area contributed by atoms with Crippen LogP contribution in [-0.2, 0) is 13.0 Å². The molecule has 3 aromatic carbocycles. The van der Waals surface area contributed by atoms with Gasteiger partial charge in [-0.15, -0.1) is 0 Å². The molecule has 2 N–H and O–H groups in total. The first-order chi connectivity index (χ1) is 20.4. The lowest BCUT2D eigenvalue weighted by molar-refractivity contribution is 0.0698. The Morgan fingerprint density at radius 1 is 1.02 bits per heavy atom. The molecule has 210 valence electrons. The van der Waals surface area contributed by atoms with Crippen LogP contribution in [0, 0.1) is 6.92 Å². The number of aromatic carboxylic acids is 1. The van der Waals surface area contributed by atoms with Crippen molar-refractivity contribution in [2.45, 2.75) is 38.6 Å². The van der Waals surface area contributed by atoms with Crippen molar-refractivity contribution in [3.8, 4) is 22.5 Å². The first-order valence-corrected chi connectivity index (χ1v) is 13.4. The number of aryl methyl sites for hydroxylation is 1. The first-order valence-electron chi connectivity index (χ1n) is 13.4. The Morgan fingerprint density at radius 2 is 1.79 bits per heavy atom. The number of carboxylic acids is 1. The van der Waals surface area contributed by atoms with E-state index in [-0.39, 0.29) is 17.9 Å². The summed E-state index contributed by atoms with van der Waals surface area (Å²) in [6.07, 6.45) is 2.22. The second kappa shape index (κ2) is 9.88. The van der Waals surface area contributed by atoms with E-state index in [1.807, 2.05) is 53.1 Å². The third kappa shape index (κ3) is 4.54. The highest BCUT2D eigenvalue weighted by Crippen LogP contribution is 2.42. The van der Waals surface area contributed by atoms with Crippen LogP contribution in [0.5, 0.6) is 0 Å². The van der Waals surface area contributed by atoms with Crippen LogP contribution in [0.4, 0.5) is 0 Å². The zero-order valence-electron chi connectivity index (χ0n) is 22.4. The van der Waals surface area contributed by atoms with Gasteiger partial charge in [0.15, 0.2) is 11.6 Å². The minimum Gasteiger partial charge on any atom is -0.478 e. The number of nitrogens with zero attached hydrogens (tertiary/aromatic N) is 3. The van der Waals surface area contributed by atoms with Crippen molar-refractivity contribution < 1.29 is 23.3 Å². The van der Waals surface area contributed by atoms with Crippen molar-refractivity contribution in [2.24, 2.45) is 0 Å². The van der Waals surface area contributed by atoms with Crippen LogP contribution in [0.2, 0.25) is 0 Å². The summed E-state index contributed by atoms with van der Waals surface area (Å²) in [5.41, 5.74) is 5.51. The maximum atomic E-state index is 12.3. The summed E-state index contributed by atoms with van der Waals surface area (Å²) < 4.78 is 16.9. The van der Waals surface area contributed by atoms with Gasteiger partial charge in [0.2, 0.25) is 0 Å². The van der Waals surface area contributed by atoms with Crippen LogP contribution in [0.1, 0.15) is 57.6 Å². The molecular formula is C31H24N4O7. The fourth-order valence-corrected chi connectivity index (χ4v) is 5.41. The maximum absolute atomic E-state index is 12.3. The minimum absolute atomic E-state index is 0.158. The van der Waals surface area contributed by atoms with Crippen molar-refractivity contribution in [1.29, 1.82) is 0 Å². The molecule has 0 unspecified atom stereocenters. The molecule has 42 heavy (non-hydrogen) atoms. The Balaban J connectivity index is 1.29. The SMILES string of the molecule is Cc1oc(=O)oc1Cc1ccc(C(=O)O)c2c1nc(C1CC1)n2Cc1ccc(-c2ccccc2-c2noc(=O)[nH]2)cc1. The van der Waals surface area contributed by atoms with E-state index in [4.69, 9.17) is 18.3 Å². The van der Waals surface area contributed by atoms with Crippen LogP contribution < -0.4 is 11.6 Å². The normalized spacial score (nSPS) is 13.2. The largest absolute Gasteiger partial charge is 0.519 e. The minimum atomic E-state index is -1.04.